The van der Waals surface area contributed by atoms with Gasteiger partial charge in [-0.3, -0.25) is 4.99 Å². The number of halogens is 2. The van der Waals surface area contributed by atoms with Crippen molar-refractivity contribution in [1.82, 2.24) is 15.6 Å². The first-order valence-electron chi connectivity index (χ1n) is 8.44. The number of rotatable bonds is 5. The van der Waals surface area contributed by atoms with E-state index in [0.717, 1.165) is 36.4 Å². The van der Waals surface area contributed by atoms with Crippen LogP contribution in [0.2, 0.25) is 0 Å². The van der Waals surface area contributed by atoms with E-state index in [1.54, 1.807) is 7.05 Å². The maximum absolute atomic E-state index is 13.2. The van der Waals surface area contributed by atoms with E-state index in [-0.39, 0.29) is 29.8 Å². The average molecular weight is 476 g/mol. The summed E-state index contributed by atoms with van der Waals surface area (Å²) in [5.74, 6) is 1.89. The molecular formula is C18H26FIN4S. The summed E-state index contributed by atoms with van der Waals surface area (Å²) in [4.78, 5) is 7.43. The van der Waals surface area contributed by atoms with Crippen molar-refractivity contribution < 1.29 is 4.39 Å². The summed E-state index contributed by atoms with van der Waals surface area (Å²) in [6, 6.07) is 4.88. The highest BCUT2D eigenvalue weighted by Gasteiger charge is 2.29. The Morgan fingerprint density at radius 2 is 2.24 bits per heavy atom. The molecule has 0 amide bonds. The zero-order valence-electron chi connectivity index (χ0n) is 14.7. The molecular weight excluding hydrogens is 450 g/mol. The minimum atomic E-state index is -0.211. The van der Waals surface area contributed by atoms with Crippen LogP contribution >= 0.6 is 35.7 Å². The molecule has 3 rings (SSSR count). The number of guanidine groups is 1. The first kappa shape index (κ1) is 20.4. The zero-order chi connectivity index (χ0) is 17.0. The molecule has 0 aliphatic carbocycles. The van der Waals surface area contributed by atoms with Crippen molar-refractivity contribution in [3.05, 3.63) is 35.8 Å². The van der Waals surface area contributed by atoms with Gasteiger partial charge in [-0.25, -0.2) is 4.39 Å². The average Bonchev–Trinajstić information content (AvgIpc) is 3.17. The summed E-state index contributed by atoms with van der Waals surface area (Å²) in [6.07, 6.45) is 5.38. The highest BCUT2D eigenvalue weighted by Crippen LogP contribution is 2.36. The molecule has 0 bridgehead atoms. The van der Waals surface area contributed by atoms with E-state index in [4.69, 9.17) is 0 Å². The summed E-state index contributed by atoms with van der Waals surface area (Å²) in [7, 11) is 1.80. The van der Waals surface area contributed by atoms with E-state index in [1.165, 1.54) is 36.3 Å². The topological polar surface area (TPSA) is 52.2 Å². The van der Waals surface area contributed by atoms with Gasteiger partial charge in [0.05, 0.1) is 0 Å². The van der Waals surface area contributed by atoms with Gasteiger partial charge < -0.3 is 15.6 Å². The lowest BCUT2D eigenvalue weighted by atomic mass is 10.1. The van der Waals surface area contributed by atoms with Crippen molar-refractivity contribution in [2.24, 2.45) is 4.99 Å². The van der Waals surface area contributed by atoms with Gasteiger partial charge in [-0.1, -0.05) is 0 Å². The normalized spacial score (nSPS) is 20.5. The molecule has 1 saturated heterocycles. The number of aromatic nitrogens is 1. The molecule has 1 atom stereocenters. The maximum Gasteiger partial charge on any atom is 0.191 e. The first-order chi connectivity index (χ1) is 11.6. The van der Waals surface area contributed by atoms with Crippen molar-refractivity contribution in [2.45, 2.75) is 30.9 Å². The number of nitrogens with one attached hydrogen (secondary N) is 3. The monoisotopic (exact) mass is 476 g/mol. The number of thioether (sulfide) groups is 1. The molecule has 138 valence electrons. The third kappa shape index (κ3) is 5.26. The summed E-state index contributed by atoms with van der Waals surface area (Å²) in [5.41, 5.74) is 2.03. The lowest BCUT2D eigenvalue weighted by molar-refractivity contribution is 0.584. The summed E-state index contributed by atoms with van der Waals surface area (Å²) in [5, 5.41) is 7.88. The molecule has 0 saturated carbocycles. The second-order valence-corrected chi connectivity index (χ2v) is 8.19. The van der Waals surface area contributed by atoms with Crippen LogP contribution in [0.3, 0.4) is 0 Å². The molecule has 1 aromatic heterocycles. The lowest BCUT2D eigenvalue weighted by Crippen LogP contribution is -2.44. The molecule has 1 aliphatic heterocycles. The van der Waals surface area contributed by atoms with Crippen molar-refractivity contribution in [1.29, 1.82) is 0 Å². The molecule has 7 heteroatoms. The molecule has 2 heterocycles. The minimum absolute atomic E-state index is 0. The predicted molar refractivity (Wildman–Crippen MR) is 117 cm³/mol. The van der Waals surface area contributed by atoms with Crippen LogP contribution in [-0.2, 0) is 6.42 Å². The lowest BCUT2D eigenvalue weighted by Gasteiger charge is -2.24. The van der Waals surface area contributed by atoms with Gasteiger partial charge in [0, 0.05) is 42.0 Å². The number of aliphatic imine (C=N–C) groups is 1. The van der Waals surface area contributed by atoms with Crippen molar-refractivity contribution in [3.8, 4) is 0 Å². The third-order valence-electron chi connectivity index (χ3n) is 4.57. The Labute approximate surface area is 169 Å². The molecule has 25 heavy (non-hydrogen) atoms. The van der Waals surface area contributed by atoms with E-state index >= 15 is 0 Å². The van der Waals surface area contributed by atoms with Crippen LogP contribution in [0.5, 0.6) is 0 Å². The Hall–Kier alpha value is -0.960. The molecule has 2 aromatic rings. The van der Waals surface area contributed by atoms with Crippen LogP contribution in [-0.4, -0.2) is 41.6 Å². The molecule has 0 spiro atoms. The Bertz CT molecular complexity index is 725. The van der Waals surface area contributed by atoms with Gasteiger partial charge in [-0.15, -0.1) is 24.0 Å². The number of H-pyrrole nitrogens is 1. The number of fused-ring (bicyclic) bond motifs is 1. The van der Waals surface area contributed by atoms with Gasteiger partial charge >= 0.3 is 0 Å². The standard InChI is InChI=1S/C18H25FN4S.HI/c1-18(7-3-9-24-18)12-23-17(20-2)21-8-6-13-11-22-16-10-14(19)4-5-15(13)16;/h4-5,10-11,22H,3,6-9,12H2,1-2H3,(H2,20,21,23);1H. The van der Waals surface area contributed by atoms with Crippen LogP contribution < -0.4 is 10.6 Å². The maximum atomic E-state index is 13.2. The van der Waals surface area contributed by atoms with Gasteiger partial charge in [-0.2, -0.15) is 11.8 Å². The molecule has 1 aromatic carbocycles. The Morgan fingerprint density at radius 3 is 2.96 bits per heavy atom. The molecule has 1 aliphatic rings. The molecule has 1 fully saturated rings. The molecule has 1 unspecified atom stereocenters. The van der Waals surface area contributed by atoms with Gasteiger partial charge in [0.15, 0.2) is 5.96 Å². The SMILES string of the molecule is CN=C(NCCc1c[nH]c2cc(F)ccc12)NCC1(C)CCCS1.I. The first-order valence-corrected chi connectivity index (χ1v) is 9.42. The molecule has 0 radical (unpaired) electrons. The van der Waals surface area contributed by atoms with Crippen LogP contribution in [0, 0.1) is 5.82 Å². The largest absolute Gasteiger partial charge is 0.361 e. The van der Waals surface area contributed by atoms with E-state index < -0.39 is 0 Å². The third-order valence-corrected chi connectivity index (χ3v) is 6.11. The summed E-state index contributed by atoms with van der Waals surface area (Å²) >= 11 is 2.04. The fourth-order valence-corrected chi connectivity index (χ4v) is 4.39. The van der Waals surface area contributed by atoms with Crippen molar-refractivity contribution >= 4 is 52.6 Å². The number of nitrogens with zero attached hydrogens (tertiary/aromatic N) is 1. The fourth-order valence-electron chi connectivity index (χ4n) is 3.15. The van der Waals surface area contributed by atoms with Crippen LogP contribution in [0.15, 0.2) is 29.4 Å². The number of hydrogen-bond acceptors (Lipinski definition) is 2. The van der Waals surface area contributed by atoms with E-state index in [0.29, 0.717) is 4.75 Å². The van der Waals surface area contributed by atoms with Crippen LogP contribution in [0.25, 0.3) is 10.9 Å². The van der Waals surface area contributed by atoms with Crippen molar-refractivity contribution in [3.63, 3.8) is 0 Å². The smallest absolute Gasteiger partial charge is 0.191 e. The van der Waals surface area contributed by atoms with Crippen LogP contribution in [0.1, 0.15) is 25.3 Å². The Balaban J connectivity index is 0.00000225. The zero-order valence-corrected chi connectivity index (χ0v) is 17.8. The highest BCUT2D eigenvalue weighted by atomic mass is 127. The molecule has 3 N–H and O–H groups in total. The van der Waals surface area contributed by atoms with Gasteiger partial charge in [0.25, 0.3) is 0 Å². The van der Waals surface area contributed by atoms with Gasteiger partial charge in [0.2, 0.25) is 0 Å². The highest BCUT2D eigenvalue weighted by molar-refractivity contribution is 14.0. The second-order valence-electron chi connectivity index (χ2n) is 6.51. The summed E-state index contributed by atoms with van der Waals surface area (Å²) < 4.78 is 13.6. The van der Waals surface area contributed by atoms with Gasteiger partial charge in [0.1, 0.15) is 5.82 Å². The van der Waals surface area contributed by atoms with Crippen LogP contribution in [0.4, 0.5) is 4.39 Å². The van der Waals surface area contributed by atoms with E-state index in [1.807, 2.05) is 24.0 Å². The van der Waals surface area contributed by atoms with Gasteiger partial charge in [-0.05, 0) is 55.7 Å². The van der Waals surface area contributed by atoms with Crippen molar-refractivity contribution in [2.75, 3.05) is 25.9 Å². The quantitative estimate of drug-likeness (QED) is 0.349. The molecule has 4 nitrogen and oxygen atoms in total. The summed E-state index contributed by atoms with van der Waals surface area (Å²) in [6.45, 7) is 4.04. The predicted octanol–water partition coefficient (Wildman–Crippen LogP) is 3.92. The van der Waals surface area contributed by atoms with E-state index in [9.17, 15) is 4.39 Å². The number of benzene rings is 1. The number of hydrogen-bond donors (Lipinski definition) is 3. The number of aromatic amines is 1. The van der Waals surface area contributed by atoms with E-state index in [2.05, 4.69) is 27.5 Å². The fraction of sp³-hybridized carbons (Fsp3) is 0.500. The minimum Gasteiger partial charge on any atom is -0.361 e. The Morgan fingerprint density at radius 1 is 1.40 bits per heavy atom. The Kier molecular flexibility index (Phi) is 7.42. The second kappa shape index (κ2) is 9.12.